The fourth-order valence-electron chi connectivity index (χ4n) is 3.80. The molecule has 1 amide bonds. The molecule has 1 heterocycles. The number of hydrogen-bond acceptors (Lipinski definition) is 4. The number of carbonyl (C=O) groups is 1. The fourth-order valence-corrected chi connectivity index (χ4v) is 3.80. The highest BCUT2D eigenvalue weighted by molar-refractivity contribution is 5.67. The minimum atomic E-state index is -0.704. The van der Waals surface area contributed by atoms with E-state index >= 15 is 0 Å². The third kappa shape index (κ3) is 4.49. The number of nitrogens with zero attached hydrogens (tertiary/aromatic N) is 1. The van der Waals surface area contributed by atoms with Gasteiger partial charge in [-0.3, -0.25) is 5.32 Å². The monoisotopic (exact) mass is 368 g/mol. The molecule has 1 aliphatic heterocycles. The molecule has 2 aromatic carbocycles. The highest BCUT2D eigenvalue weighted by atomic mass is 16.6. The van der Waals surface area contributed by atoms with E-state index in [0.717, 1.165) is 11.1 Å². The summed E-state index contributed by atoms with van der Waals surface area (Å²) in [6.07, 6.45) is 0.382. The SMILES string of the molecule is CCOC(=O)N1CCC(c2ccccc2)(C(O)NCc2ccccc2)CC1. The summed E-state index contributed by atoms with van der Waals surface area (Å²) in [5.41, 5.74) is 1.80. The summed E-state index contributed by atoms with van der Waals surface area (Å²) < 4.78 is 5.13. The smallest absolute Gasteiger partial charge is 0.409 e. The summed E-state index contributed by atoms with van der Waals surface area (Å²) >= 11 is 0. The minimum absolute atomic E-state index is 0.272. The summed E-state index contributed by atoms with van der Waals surface area (Å²) in [6.45, 7) is 3.92. The van der Waals surface area contributed by atoms with Crippen LogP contribution in [-0.2, 0) is 16.7 Å². The quantitative estimate of drug-likeness (QED) is 0.768. The van der Waals surface area contributed by atoms with Crippen LogP contribution in [-0.4, -0.2) is 42.0 Å². The van der Waals surface area contributed by atoms with Crippen LogP contribution < -0.4 is 5.32 Å². The Morgan fingerprint density at radius 2 is 1.70 bits per heavy atom. The molecule has 144 valence electrons. The Morgan fingerprint density at radius 3 is 2.30 bits per heavy atom. The number of ether oxygens (including phenoxy) is 1. The van der Waals surface area contributed by atoms with Gasteiger partial charge in [-0.2, -0.15) is 0 Å². The van der Waals surface area contributed by atoms with E-state index in [1.807, 2.05) is 55.5 Å². The van der Waals surface area contributed by atoms with Crippen LogP contribution in [0.1, 0.15) is 30.9 Å². The second-order valence-corrected chi connectivity index (χ2v) is 6.98. The van der Waals surface area contributed by atoms with Gasteiger partial charge in [-0.25, -0.2) is 4.79 Å². The van der Waals surface area contributed by atoms with Gasteiger partial charge in [0.2, 0.25) is 0 Å². The van der Waals surface area contributed by atoms with E-state index in [1.54, 1.807) is 4.90 Å². The maximum absolute atomic E-state index is 12.1. The normalized spacial score (nSPS) is 17.3. The predicted octanol–water partition coefficient (Wildman–Crippen LogP) is 3.28. The maximum atomic E-state index is 12.1. The molecule has 0 bridgehead atoms. The zero-order chi connectivity index (χ0) is 19.1. The van der Waals surface area contributed by atoms with Crippen molar-refractivity contribution < 1.29 is 14.6 Å². The first-order chi connectivity index (χ1) is 13.2. The van der Waals surface area contributed by atoms with E-state index < -0.39 is 11.6 Å². The molecule has 3 rings (SSSR count). The van der Waals surface area contributed by atoms with Gasteiger partial charge < -0.3 is 14.7 Å². The molecule has 2 aromatic rings. The zero-order valence-corrected chi connectivity index (χ0v) is 15.8. The highest BCUT2D eigenvalue weighted by Crippen LogP contribution is 2.38. The van der Waals surface area contributed by atoms with Gasteiger partial charge in [0.05, 0.1) is 6.61 Å². The molecule has 2 N–H and O–H groups in total. The van der Waals surface area contributed by atoms with Crippen LogP contribution in [0.3, 0.4) is 0 Å². The van der Waals surface area contributed by atoms with Gasteiger partial charge >= 0.3 is 6.09 Å². The molecular weight excluding hydrogens is 340 g/mol. The Morgan fingerprint density at radius 1 is 1.11 bits per heavy atom. The Kier molecular flexibility index (Phi) is 6.48. The number of likely N-dealkylation sites (tertiary alicyclic amines) is 1. The van der Waals surface area contributed by atoms with Crippen LogP contribution in [0.5, 0.6) is 0 Å². The summed E-state index contributed by atoms with van der Waals surface area (Å²) in [5, 5.41) is 14.4. The van der Waals surface area contributed by atoms with E-state index in [2.05, 4.69) is 17.4 Å². The van der Waals surface area contributed by atoms with Crippen molar-refractivity contribution in [3.05, 3.63) is 71.8 Å². The molecule has 1 saturated heterocycles. The number of aliphatic hydroxyl groups is 1. The lowest BCUT2D eigenvalue weighted by Crippen LogP contribution is -2.55. The Bertz CT molecular complexity index is 713. The first-order valence-corrected chi connectivity index (χ1v) is 9.58. The van der Waals surface area contributed by atoms with Crippen molar-refractivity contribution in [1.29, 1.82) is 0 Å². The summed E-state index contributed by atoms with van der Waals surface area (Å²) in [5.74, 6) is 0. The fraction of sp³-hybridized carbons (Fsp3) is 0.409. The number of nitrogens with one attached hydrogen (secondary N) is 1. The minimum Gasteiger partial charge on any atom is -0.450 e. The van der Waals surface area contributed by atoms with Crippen LogP contribution in [0.4, 0.5) is 4.79 Å². The van der Waals surface area contributed by atoms with E-state index in [0.29, 0.717) is 39.1 Å². The van der Waals surface area contributed by atoms with Crippen LogP contribution in [0.15, 0.2) is 60.7 Å². The van der Waals surface area contributed by atoms with Crippen LogP contribution in [0, 0.1) is 0 Å². The van der Waals surface area contributed by atoms with E-state index in [1.165, 1.54) is 0 Å². The first kappa shape index (κ1) is 19.4. The van der Waals surface area contributed by atoms with Crippen molar-refractivity contribution in [2.24, 2.45) is 0 Å². The largest absolute Gasteiger partial charge is 0.450 e. The molecule has 1 aliphatic rings. The number of hydrogen-bond donors (Lipinski definition) is 2. The van der Waals surface area contributed by atoms with Gasteiger partial charge in [0.25, 0.3) is 0 Å². The van der Waals surface area contributed by atoms with Crippen LogP contribution in [0.25, 0.3) is 0 Å². The standard InChI is InChI=1S/C22H28N2O3/c1-2-27-21(26)24-15-13-22(14-16-24,19-11-7-4-8-12-19)20(25)23-17-18-9-5-3-6-10-18/h3-12,20,23,25H,2,13-17H2,1H3. The van der Waals surface area contributed by atoms with Gasteiger partial charge in [-0.15, -0.1) is 0 Å². The van der Waals surface area contributed by atoms with E-state index in [9.17, 15) is 9.90 Å². The van der Waals surface area contributed by atoms with Crippen molar-refractivity contribution in [2.75, 3.05) is 19.7 Å². The molecule has 0 saturated carbocycles. The topological polar surface area (TPSA) is 61.8 Å². The van der Waals surface area contributed by atoms with Crippen molar-refractivity contribution >= 4 is 6.09 Å². The Balaban J connectivity index is 1.75. The molecular formula is C22H28N2O3. The van der Waals surface area contributed by atoms with Crippen molar-refractivity contribution in [3.63, 3.8) is 0 Å². The highest BCUT2D eigenvalue weighted by Gasteiger charge is 2.43. The second kappa shape index (κ2) is 9.02. The molecule has 5 nitrogen and oxygen atoms in total. The summed E-state index contributed by atoms with van der Waals surface area (Å²) in [6, 6.07) is 20.2. The molecule has 0 radical (unpaired) electrons. The van der Waals surface area contributed by atoms with Crippen LogP contribution >= 0.6 is 0 Å². The number of benzene rings is 2. The van der Waals surface area contributed by atoms with E-state index in [-0.39, 0.29) is 6.09 Å². The second-order valence-electron chi connectivity index (χ2n) is 6.98. The molecule has 5 heteroatoms. The van der Waals surface area contributed by atoms with Gasteiger partial charge in [0.15, 0.2) is 0 Å². The predicted molar refractivity (Wildman–Crippen MR) is 105 cm³/mol. The third-order valence-corrected chi connectivity index (χ3v) is 5.40. The average Bonchev–Trinajstić information content (AvgIpc) is 2.73. The zero-order valence-electron chi connectivity index (χ0n) is 15.8. The lowest BCUT2D eigenvalue weighted by atomic mass is 9.71. The lowest BCUT2D eigenvalue weighted by molar-refractivity contribution is 0.00547. The van der Waals surface area contributed by atoms with E-state index in [4.69, 9.17) is 4.74 Å². The summed E-state index contributed by atoms with van der Waals surface area (Å²) in [7, 11) is 0. The van der Waals surface area contributed by atoms with Crippen molar-refractivity contribution in [2.45, 2.75) is 38.0 Å². The van der Waals surface area contributed by atoms with Crippen molar-refractivity contribution in [3.8, 4) is 0 Å². The van der Waals surface area contributed by atoms with Gasteiger partial charge in [-0.05, 0) is 30.9 Å². The number of carbonyl (C=O) groups excluding carboxylic acids is 1. The molecule has 27 heavy (non-hydrogen) atoms. The summed E-state index contributed by atoms with van der Waals surface area (Å²) in [4.78, 5) is 13.8. The number of piperidine rings is 1. The van der Waals surface area contributed by atoms with Crippen molar-refractivity contribution in [1.82, 2.24) is 10.2 Å². The van der Waals surface area contributed by atoms with Gasteiger partial charge in [0, 0.05) is 25.0 Å². The molecule has 1 atom stereocenters. The Labute approximate surface area is 161 Å². The lowest BCUT2D eigenvalue weighted by Gasteiger charge is -2.45. The van der Waals surface area contributed by atoms with Gasteiger partial charge in [0.1, 0.15) is 6.23 Å². The first-order valence-electron chi connectivity index (χ1n) is 9.58. The van der Waals surface area contributed by atoms with Crippen LogP contribution in [0.2, 0.25) is 0 Å². The van der Waals surface area contributed by atoms with Gasteiger partial charge in [-0.1, -0.05) is 60.7 Å². The number of rotatable bonds is 6. The molecule has 1 fully saturated rings. The molecule has 0 spiro atoms. The molecule has 0 aromatic heterocycles. The number of aliphatic hydroxyl groups excluding tert-OH is 1. The third-order valence-electron chi connectivity index (χ3n) is 5.40. The molecule has 1 unspecified atom stereocenters. The molecule has 0 aliphatic carbocycles. The average molecular weight is 368 g/mol. The Hall–Kier alpha value is -2.37. The maximum Gasteiger partial charge on any atom is 0.409 e. The number of amides is 1.